The number of aromatic nitrogens is 2. The quantitative estimate of drug-likeness (QED) is 0.801. The number of pyridine rings is 1. The van der Waals surface area contributed by atoms with Crippen LogP contribution in [0.3, 0.4) is 0 Å². The highest BCUT2D eigenvalue weighted by atomic mass is 35.5. The van der Waals surface area contributed by atoms with Crippen molar-refractivity contribution in [1.29, 1.82) is 0 Å². The van der Waals surface area contributed by atoms with Gasteiger partial charge in [0.2, 0.25) is 0 Å². The van der Waals surface area contributed by atoms with Crippen LogP contribution in [0.1, 0.15) is 17.2 Å². The first kappa shape index (κ1) is 12.8. The molecule has 100 valence electrons. The number of aliphatic hydroxyl groups excluding tert-OH is 1. The first-order chi connectivity index (χ1) is 9.75. The van der Waals surface area contributed by atoms with Gasteiger partial charge in [0.05, 0.1) is 11.8 Å². The zero-order valence-electron chi connectivity index (χ0n) is 10.4. The lowest BCUT2D eigenvalue weighted by Gasteiger charge is -2.09. The third-order valence-electron chi connectivity index (χ3n) is 2.98. The number of halogens is 1. The summed E-state index contributed by atoms with van der Waals surface area (Å²) in [5.41, 5.74) is 2.03. The Hall–Kier alpha value is -2.17. The molecule has 0 aliphatic rings. The van der Waals surface area contributed by atoms with Crippen molar-refractivity contribution in [3.05, 3.63) is 71.1 Å². The molecule has 0 aliphatic heterocycles. The minimum absolute atomic E-state index is 0.504. The number of aliphatic hydroxyl groups is 1. The van der Waals surface area contributed by atoms with Crippen LogP contribution in [0, 0.1) is 0 Å². The Balaban J connectivity index is 2.03. The molecule has 0 spiro atoms. The molecule has 0 amide bonds. The van der Waals surface area contributed by atoms with Crippen molar-refractivity contribution in [3.63, 3.8) is 0 Å². The van der Waals surface area contributed by atoms with E-state index in [1.807, 2.05) is 12.1 Å². The maximum Gasteiger partial charge on any atom is 0.173 e. The van der Waals surface area contributed by atoms with E-state index in [4.69, 9.17) is 16.1 Å². The molecule has 0 radical (unpaired) electrons. The molecule has 2 aromatic heterocycles. The topological polar surface area (TPSA) is 59.2 Å². The number of nitrogens with zero attached hydrogens (tertiary/aromatic N) is 2. The third kappa shape index (κ3) is 2.43. The highest BCUT2D eigenvalue weighted by molar-refractivity contribution is 6.30. The largest absolute Gasteiger partial charge is 0.383 e. The van der Waals surface area contributed by atoms with Gasteiger partial charge in [-0.05, 0) is 18.2 Å². The van der Waals surface area contributed by atoms with Crippen molar-refractivity contribution < 1.29 is 9.63 Å². The molecule has 1 N–H and O–H groups in total. The first-order valence-electron chi connectivity index (χ1n) is 6.04. The molecule has 3 rings (SSSR count). The summed E-state index contributed by atoms with van der Waals surface area (Å²) >= 11 is 5.98. The second kappa shape index (κ2) is 5.45. The van der Waals surface area contributed by atoms with Gasteiger partial charge in [0.15, 0.2) is 5.76 Å². The maximum atomic E-state index is 10.4. The highest BCUT2D eigenvalue weighted by Gasteiger charge is 2.20. The number of rotatable bonds is 3. The van der Waals surface area contributed by atoms with Crippen LogP contribution in [0.15, 0.2) is 59.5 Å². The number of hydrogen-bond acceptors (Lipinski definition) is 4. The van der Waals surface area contributed by atoms with E-state index in [1.54, 1.807) is 36.7 Å². The summed E-state index contributed by atoms with van der Waals surface area (Å²) in [5, 5.41) is 14.8. The van der Waals surface area contributed by atoms with E-state index in [1.165, 1.54) is 6.20 Å². The van der Waals surface area contributed by atoms with Crippen molar-refractivity contribution in [2.45, 2.75) is 6.10 Å². The molecular formula is C15H11ClN2O2. The Bertz CT molecular complexity index is 713. The lowest BCUT2D eigenvalue weighted by atomic mass is 10.0. The average Bonchev–Trinajstić information content (AvgIpc) is 2.97. The molecule has 4 nitrogen and oxygen atoms in total. The molecule has 5 heteroatoms. The van der Waals surface area contributed by atoms with Crippen molar-refractivity contribution >= 4 is 11.6 Å². The SMILES string of the molecule is OC(c1cccnc1)c1cnoc1-c1cccc(Cl)c1. The Morgan fingerprint density at radius 3 is 2.80 bits per heavy atom. The van der Waals surface area contributed by atoms with Crippen LogP contribution in [-0.4, -0.2) is 15.2 Å². The minimum Gasteiger partial charge on any atom is -0.383 e. The van der Waals surface area contributed by atoms with Gasteiger partial charge >= 0.3 is 0 Å². The van der Waals surface area contributed by atoms with Crippen LogP contribution >= 0.6 is 11.6 Å². The molecule has 0 bridgehead atoms. The monoisotopic (exact) mass is 286 g/mol. The molecule has 1 atom stereocenters. The number of hydrogen-bond donors (Lipinski definition) is 1. The van der Waals surface area contributed by atoms with E-state index in [2.05, 4.69) is 10.1 Å². The zero-order chi connectivity index (χ0) is 13.9. The van der Waals surface area contributed by atoms with Crippen LogP contribution in [0.25, 0.3) is 11.3 Å². The van der Waals surface area contributed by atoms with Crippen molar-refractivity contribution in [1.82, 2.24) is 10.1 Å². The molecule has 0 saturated carbocycles. The molecule has 0 aliphatic carbocycles. The molecule has 3 aromatic rings. The van der Waals surface area contributed by atoms with Gasteiger partial charge in [-0.3, -0.25) is 4.98 Å². The Morgan fingerprint density at radius 1 is 1.15 bits per heavy atom. The molecule has 0 fully saturated rings. The third-order valence-corrected chi connectivity index (χ3v) is 3.21. The van der Waals surface area contributed by atoms with E-state index in [0.717, 1.165) is 5.56 Å². The van der Waals surface area contributed by atoms with Gasteiger partial charge in [0, 0.05) is 28.5 Å². The van der Waals surface area contributed by atoms with Gasteiger partial charge in [-0.2, -0.15) is 0 Å². The second-order valence-corrected chi connectivity index (χ2v) is 4.75. The van der Waals surface area contributed by atoms with E-state index < -0.39 is 6.10 Å². The summed E-state index contributed by atoms with van der Waals surface area (Å²) in [6.07, 6.45) is 3.93. The van der Waals surface area contributed by atoms with Crippen LogP contribution < -0.4 is 0 Å². The Morgan fingerprint density at radius 2 is 2.05 bits per heavy atom. The molecule has 20 heavy (non-hydrogen) atoms. The van der Waals surface area contributed by atoms with Crippen molar-refractivity contribution in [2.75, 3.05) is 0 Å². The standard InChI is InChI=1S/C15H11ClN2O2/c16-12-5-1-3-10(7-12)15-13(9-18-20-15)14(19)11-4-2-6-17-8-11/h1-9,14,19H. The predicted octanol–water partition coefficient (Wildman–Crippen LogP) is 3.47. The maximum absolute atomic E-state index is 10.4. The lowest BCUT2D eigenvalue weighted by molar-refractivity contribution is 0.219. The van der Waals surface area contributed by atoms with E-state index in [0.29, 0.717) is 21.9 Å². The summed E-state index contributed by atoms with van der Waals surface area (Å²) < 4.78 is 5.26. The normalized spacial score (nSPS) is 12.3. The van der Waals surface area contributed by atoms with Gasteiger partial charge in [-0.25, -0.2) is 0 Å². The van der Waals surface area contributed by atoms with Crippen molar-refractivity contribution in [2.24, 2.45) is 0 Å². The molecule has 2 heterocycles. The molecule has 1 aromatic carbocycles. The Kier molecular flexibility index (Phi) is 3.50. The summed E-state index contributed by atoms with van der Waals surface area (Å²) in [6.45, 7) is 0. The zero-order valence-corrected chi connectivity index (χ0v) is 11.2. The minimum atomic E-state index is -0.844. The first-order valence-corrected chi connectivity index (χ1v) is 6.42. The highest BCUT2D eigenvalue weighted by Crippen LogP contribution is 2.32. The van der Waals surface area contributed by atoms with Gasteiger partial charge in [-0.1, -0.05) is 35.0 Å². The predicted molar refractivity (Wildman–Crippen MR) is 75.2 cm³/mol. The van der Waals surface area contributed by atoms with E-state index in [9.17, 15) is 5.11 Å². The van der Waals surface area contributed by atoms with E-state index in [-0.39, 0.29) is 0 Å². The molecular weight excluding hydrogens is 276 g/mol. The summed E-state index contributed by atoms with van der Waals surface area (Å²) in [7, 11) is 0. The van der Waals surface area contributed by atoms with Crippen LogP contribution in [-0.2, 0) is 0 Å². The smallest absolute Gasteiger partial charge is 0.173 e. The van der Waals surface area contributed by atoms with Crippen molar-refractivity contribution in [3.8, 4) is 11.3 Å². The Labute approximate surface area is 120 Å². The van der Waals surface area contributed by atoms with Crippen LogP contribution in [0.5, 0.6) is 0 Å². The van der Waals surface area contributed by atoms with Gasteiger partial charge in [0.1, 0.15) is 6.10 Å². The van der Waals surface area contributed by atoms with Crippen LogP contribution in [0.4, 0.5) is 0 Å². The summed E-state index contributed by atoms with van der Waals surface area (Å²) in [6, 6.07) is 10.8. The fraction of sp³-hybridized carbons (Fsp3) is 0.0667. The second-order valence-electron chi connectivity index (χ2n) is 4.31. The summed E-state index contributed by atoms with van der Waals surface area (Å²) in [5.74, 6) is 0.504. The van der Waals surface area contributed by atoms with E-state index >= 15 is 0 Å². The van der Waals surface area contributed by atoms with Gasteiger partial charge in [0.25, 0.3) is 0 Å². The van der Waals surface area contributed by atoms with Gasteiger partial charge in [-0.15, -0.1) is 0 Å². The fourth-order valence-electron chi connectivity index (χ4n) is 2.01. The fourth-order valence-corrected chi connectivity index (χ4v) is 2.20. The molecule has 1 unspecified atom stereocenters. The number of benzene rings is 1. The average molecular weight is 287 g/mol. The van der Waals surface area contributed by atoms with Crippen LogP contribution in [0.2, 0.25) is 5.02 Å². The van der Waals surface area contributed by atoms with Gasteiger partial charge < -0.3 is 9.63 Å². The summed E-state index contributed by atoms with van der Waals surface area (Å²) in [4.78, 5) is 4.00. The lowest BCUT2D eigenvalue weighted by Crippen LogP contribution is -2.00. The molecule has 0 saturated heterocycles.